The number of nitrogens with zero attached hydrogens (tertiary/aromatic N) is 1. The first-order valence-corrected chi connectivity index (χ1v) is 9.96. The monoisotopic (exact) mass is 489 g/mol. The Morgan fingerprint density at radius 2 is 2.15 bits per heavy atom. The van der Waals surface area contributed by atoms with Crippen LogP contribution in [0.15, 0.2) is 23.2 Å². The van der Waals surface area contributed by atoms with Crippen LogP contribution in [0.25, 0.3) is 0 Å². The summed E-state index contributed by atoms with van der Waals surface area (Å²) >= 11 is 0. The molecule has 1 aliphatic heterocycles. The first-order valence-electron chi connectivity index (χ1n) is 9.96. The Morgan fingerprint density at radius 1 is 1.30 bits per heavy atom. The van der Waals surface area contributed by atoms with E-state index in [1.165, 1.54) is 16.7 Å². The van der Waals surface area contributed by atoms with Crippen molar-refractivity contribution in [3.8, 4) is 0 Å². The van der Waals surface area contributed by atoms with E-state index in [1.54, 1.807) is 0 Å². The van der Waals surface area contributed by atoms with Gasteiger partial charge < -0.3 is 20.1 Å². The molecule has 1 atom stereocenters. The average molecular weight is 489 g/mol. The van der Waals surface area contributed by atoms with Gasteiger partial charge in [0.2, 0.25) is 0 Å². The average Bonchev–Trinajstić information content (AvgIpc) is 3.13. The lowest BCUT2D eigenvalue weighted by atomic mass is 10.0. The Balaban J connectivity index is 0.00000364. The highest BCUT2D eigenvalue weighted by molar-refractivity contribution is 14.0. The second-order valence-electron chi connectivity index (χ2n) is 6.93. The molecule has 0 radical (unpaired) electrons. The van der Waals surface area contributed by atoms with Crippen LogP contribution in [0.2, 0.25) is 0 Å². The first-order chi connectivity index (χ1) is 12.7. The number of hydrogen-bond acceptors (Lipinski definition) is 3. The fourth-order valence-corrected chi connectivity index (χ4v) is 3.13. The van der Waals surface area contributed by atoms with Gasteiger partial charge in [0.25, 0.3) is 0 Å². The van der Waals surface area contributed by atoms with Gasteiger partial charge in [-0.05, 0) is 57.6 Å². The van der Waals surface area contributed by atoms with Crippen molar-refractivity contribution in [2.24, 2.45) is 4.99 Å². The summed E-state index contributed by atoms with van der Waals surface area (Å²) in [6.45, 7) is 11.3. The molecule has 0 bridgehead atoms. The standard InChI is InChI=1S/C21H35N3O2.HI/c1-4-22-21(23-11-6-13-25-16-20-7-5-14-26-20)24-12-10-19-9-8-17(2)15-18(19)3;/h8-9,15,20H,4-7,10-14,16H2,1-3H3,(H2,22,23,24);1H. The van der Waals surface area contributed by atoms with E-state index in [4.69, 9.17) is 9.47 Å². The minimum Gasteiger partial charge on any atom is -0.379 e. The van der Waals surface area contributed by atoms with E-state index >= 15 is 0 Å². The zero-order valence-electron chi connectivity index (χ0n) is 17.1. The summed E-state index contributed by atoms with van der Waals surface area (Å²) in [6.07, 6.45) is 4.54. The third kappa shape index (κ3) is 9.76. The molecule has 1 aromatic carbocycles. The van der Waals surface area contributed by atoms with E-state index < -0.39 is 0 Å². The molecule has 1 aromatic rings. The molecule has 0 aliphatic carbocycles. The van der Waals surface area contributed by atoms with Crippen LogP contribution in [-0.4, -0.2) is 51.5 Å². The molecule has 1 saturated heterocycles. The molecular weight excluding hydrogens is 453 g/mol. The Hall–Kier alpha value is -0.860. The van der Waals surface area contributed by atoms with E-state index in [2.05, 4.69) is 54.6 Å². The number of aryl methyl sites for hydroxylation is 2. The summed E-state index contributed by atoms with van der Waals surface area (Å²) in [6, 6.07) is 6.64. The number of rotatable bonds is 10. The lowest BCUT2D eigenvalue weighted by Gasteiger charge is -2.13. The van der Waals surface area contributed by atoms with Gasteiger partial charge in [-0.25, -0.2) is 0 Å². The van der Waals surface area contributed by atoms with Gasteiger partial charge in [-0.2, -0.15) is 0 Å². The maximum absolute atomic E-state index is 5.69. The Labute approximate surface area is 181 Å². The van der Waals surface area contributed by atoms with E-state index in [-0.39, 0.29) is 24.0 Å². The van der Waals surface area contributed by atoms with Crippen LogP contribution < -0.4 is 10.6 Å². The zero-order chi connectivity index (χ0) is 18.6. The summed E-state index contributed by atoms with van der Waals surface area (Å²) < 4.78 is 11.2. The third-order valence-corrected chi connectivity index (χ3v) is 4.57. The fraction of sp³-hybridized carbons (Fsp3) is 0.667. The van der Waals surface area contributed by atoms with Gasteiger partial charge in [-0.1, -0.05) is 23.8 Å². The van der Waals surface area contributed by atoms with Crippen molar-refractivity contribution in [3.05, 3.63) is 34.9 Å². The zero-order valence-corrected chi connectivity index (χ0v) is 19.4. The molecule has 0 amide bonds. The normalized spacial score (nSPS) is 16.9. The molecule has 0 saturated carbocycles. The van der Waals surface area contributed by atoms with Crippen molar-refractivity contribution in [1.29, 1.82) is 0 Å². The number of guanidine groups is 1. The molecule has 1 fully saturated rings. The van der Waals surface area contributed by atoms with Gasteiger partial charge >= 0.3 is 0 Å². The van der Waals surface area contributed by atoms with Crippen LogP contribution in [0, 0.1) is 13.8 Å². The Kier molecular flexibility index (Phi) is 12.7. The maximum atomic E-state index is 5.69. The largest absolute Gasteiger partial charge is 0.379 e. The van der Waals surface area contributed by atoms with Gasteiger partial charge in [-0.15, -0.1) is 24.0 Å². The van der Waals surface area contributed by atoms with Crippen molar-refractivity contribution in [2.45, 2.75) is 52.6 Å². The molecule has 0 spiro atoms. The van der Waals surface area contributed by atoms with Crippen LogP contribution in [0.5, 0.6) is 0 Å². The Bertz CT molecular complexity index is 560. The molecule has 0 aromatic heterocycles. The SMILES string of the molecule is CCNC(=NCCCOCC1CCCO1)NCCc1ccc(C)cc1C.I. The van der Waals surface area contributed by atoms with Crippen molar-refractivity contribution in [3.63, 3.8) is 0 Å². The van der Waals surface area contributed by atoms with Crippen molar-refractivity contribution in [1.82, 2.24) is 10.6 Å². The Morgan fingerprint density at radius 3 is 2.85 bits per heavy atom. The molecule has 1 heterocycles. The van der Waals surface area contributed by atoms with E-state index in [1.807, 2.05) is 0 Å². The summed E-state index contributed by atoms with van der Waals surface area (Å²) in [5.41, 5.74) is 4.06. The van der Waals surface area contributed by atoms with Crippen LogP contribution in [0.3, 0.4) is 0 Å². The van der Waals surface area contributed by atoms with Crippen LogP contribution in [-0.2, 0) is 15.9 Å². The third-order valence-electron chi connectivity index (χ3n) is 4.57. The highest BCUT2D eigenvalue weighted by Gasteiger charge is 2.14. The highest BCUT2D eigenvalue weighted by atomic mass is 127. The fourth-order valence-electron chi connectivity index (χ4n) is 3.13. The minimum atomic E-state index is 0. The molecule has 6 heteroatoms. The lowest BCUT2D eigenvalue weighted by Crippen LogP contribution is -2.38. The topological polar surface area (TPSA) is 54.9 Å². The van der Waals surface area contributed by atoms with Crippen molar-refractivity contribution in [2.75, 3.05) is 39.5 Å². The van der Waals surface area contributed by atoms with Crippen LogP contribution >= 0.6 is 24.0 Å². The number of nitrogens with one attached hydrogen (secondary N) is 2. The molecule has 154 valence electrons. The quantitative estimate of drug-likeness (QED) is 0.228. The predicted octanol–water partition coefficient (Wildman–Crippen LogP) is 3.60. The maximum Gasteiger partial charge on any atom is 0.191 e. The first kappa shape index (κ1) is 24.2. The van der Waals surface area contributed by atoms with Crippen molar-refractivity contribution >= 4 is 29.9 Å². The summed E-state index contributed by atoms with van der Waals surface area (Å²) in [7, 11) is 0. The van der Waals surface area contributed by atoms with Crippen molar-refractivity contribution < 1.29 is 9.47 Å². The molecule has 27 heavy (non-hydrogen) atoms. The van der Waals surface area contributed by atoms with Gasteiger partial charge in [0, 0.05) is 32.8 Å². The second kappa shape index (κ2) is 14.2. The van der Waals surface area contributed by atoms with Gasteiger partial charge in [0.05, 0.1) is 12.7 Å². The molecule has 1 aliphatic rings. The summed E-state index contributed by atoms with van der Waals surface area (Å²) in [5, 5.41) is 6.73. The molecule has 2 N–H and O–H groups in total. The van der Waals surface area contributed by atoms with Gasteiger partial charge in [0.15, 0.2) is 5.96 Å². The number of hydrogen-bond donors (Lipinski definition) is 2. The van der Waals surface area contributed by atoms with E-state index in [9.17, 15) is 0 Å². The number of ether oxygens (including phenoxy) is 2. The smallest absolute Gasteiger partial charge is 0.191 e. The molecular formula is C21H36IN3O2. The lowest BCUT2D eigenvalue weighted by molar-refractivity contribution is 0.0171. The predicted molar refractivity (Wildman–Crippen MR) is 123 cm³/mol. The molecule has 1 unspecified atom stereocenters. The van der Waals surface area contributed by atoms with Gasteiger partial charge in [-0.3, -0.25) is 4.99 Å². The minimum absolute atomic E-state index is 0. The van der Waals surface area contributed by atoms with Gasteiger partial charge in [0.1, 0.15) is 0 Å². The molecule has 5 nitrogen and oxygen atoms in total. The number of halogens is 1. The van der Waals surface area contributed by atoms with Crippen LogP contribution in [0.1, 0.15) is 42.9 Å². The number of benzene rings is 1. The summed E-state index contributed by atoms with van der Waals surface area (Å²) in [4.78, 5) is 4.63. The van der Waals surface area contributed by atoms with Crippen LogP contribution in [0.4, 0.5) is 0 Å². The highest BCUT2D eigenvalue weighted by Crippen LogP contribution is 2.12. The van der Waals surface area contributed by atoms with E-state index in [0.717, 1.165) is 71.1 Å². The summed E-state index contributed by atoms with van der Waals surface area (Å²) in [5.74, 6) is 0.886. The number of aliphatic imine (C=N–C) groups is 1. The second-order valence-corrected chi connectivity index (χ2v) is 6.93. The van der Waals surface area contributed by atoms with E-state index in [0.29, 0.717) is 6.10 Å². The molecule has 2 rings (SSSR count).